The van der Waals surface area contributed by atoms with Gasteiger partial charge in [-0.2, -0.15) is 0 Å². The number of rotatable bonds is 9. The standard InChI is InChI=1S/C26H26N2O4S/c1-4-31-21-9-6-5-8-20(21)27-24-23(22-10-7-13-33-22)25(29)28(26(24)30)11-12-32-19-15-17(2)14-18(3)16-19/h5-10,13-16,27H,4,11-12H2,1-3H3. The predicted molar refractivity (Wildman–Crippen MR) is 131 cm³/mol. The van der Waals surface area contributed by atoms with Gasteiger partial charge in [0.2, 0.25) is 0 Å². The van der Waals surface area contributed by atoms with E-state index in [1.165, 1.54) is 16.2 Å². The molecule has 0 spiro atoms. The lowest BCUT2D eigenvalue weighted by molar-refractivity contribution is -0.137. The van der Waals surface area contributed by atoms with Crippen LogP contribution in [0.25, 0.3) is 5.57 Å². The number of hydrogen-bond acceptors (Lipinski definition) is 6. The summed E-state index contributed by atoms with van der Waals surface area (Å²) in [4.78, 5) is 28.6. The van der Waals surface area contributed by atoms with Gasteiger partial charge in [-0.15, -0.1) is 11.3 Å². The number of ether oxygens (including phenoxy) is 2. The van der Waals surface area contributed by atoms with E-state index in [0.717, 1.165) is 21.8 Å². The molecule has 4 rings (SSSR count). The van der Waals surface area contributed by atoms with Gasteiger partial charge in [-0.25, -0.2) is 0 Å². The van der Waals surface area contributed by atoms with Crippen molar-refractivity contribution in [2.75, 3.05) is 25.1 Å². The fraction of sp³-hybridized carbons (Fsp3) is 0.231. The largest absolute Gasteiger partial charge is 0.492 e. The molecule has 170 valence electrons. The van der Waals surface area contributed by atoms with Gasteiger partial charge >= 0.3 is 0 Å². The van der Waals surface area contributed by atoms with Crippen LogP contribution in [0.15, 0.2) is 65.7 Å². The average Bonchev–Trinajstić information content (AvgIpc) is 3.37. The molecule has 0 unspecified atom stereocenters. The highest BCUT2D eigenvalue weighted by atomic mass is 32.1. The fourth-order valence-corrected chi connectivity index (χ4v) is 4.57. The topological polar surface area (TPSA) is 67.9 Å². The summed E-state index contributed by atoms with van der Waals surface area (Å²) in [6.45, 7) is 6.75. The molecule has 0 saturated carbocycles. The zero-order valence-corrected chi connectivity index (χ0v) is 19.7. The number of thiophene rings is 1. The summed E-state index contributed by atoms with van der Waals surface area (Å²) in [6.07, 6.45) is 0. The predicted octanol–water partition coefficient (Wildman–Crippen LogP) is 5.03. The van der Waals surface area contributed by atoms with Crippen LogP contribution in [0.1, 0.15) is 22.9 Å². The molecule has 1 aliphatic rings. The van der Waals surface area contributed by atoms with Crippen LogP contribution in [0, 0.1) is 13.8 Å². The van der Waals surface area contributed by atoms with Crippen molar-refractivity contribution in [3.8, 4) is 11.5 Å². The van der Waals surface area contributed by atoms with Gasteiger partial charge in [-0.3, -0.25) is 14.5 Å². The Balaban J connectivity index is 1.57. The highest BCUT2D eigenvalue weighted by molar-refractivity contribution is 7.11. The van der Waals surface area contributed by atoms with Crippen molar-refractivity contribution in [3.05, 3.63) is 81.7 Å². The smallest absolute Gasteiger partial charge is 0.278 e. The Hall–Kier alpha value is -3.58. The number of nitrogens with zero attached hydrogens (tertiary/aromatic N) is 1. The number of benzene rings is 2. The zero-order valence-electron chi connectivity index (χ0n) is 18.9. The fourth-order valence-electron chi connectivity index (χ4n) is 3.80. The minimum absolute atomic E-state index is 0.151. The lowest BCUT2D eigenvalue weighted by atomic mass is 10.1. The highest BCUT2D eigenvalue weighted by Crippen LogP contribution is 2.35. The number of hydrogen-bond donors (Lipinski definition) is 1. The minimum atomic E-state index is -0.376. The summed E-state index contributed by atoms with van der Waals surface area (Å²) < 4.78 is 11.5. The lowest BCUT2D eigenvalue weighted by Gasteiger charge is -2.17. The number of carbonyl (C=O) groups excluding carboxylic acids is 2. The minimum Gasteiger partial charge on any atom is -0.492 e. The first-order valence-electron chi connectivity index (χ1n) is 10.8. The first-order chi connectivity index (χ1) is 16.0. The second-order valence-corrected chi connectivity index (χ2v) is 8.66. The van der Waals surface area contributed by atoms with E-state index in [2.05, 4.69) is 11.4 Å². The van der Waals surface area contributed by atoms with Gasteiger partial charge in [0, 0.05) is 4.88 Å². The van der Waals surface area contributed by atoms with Crippen LogP contribution in [0.4, 0.5) is 5.69 Å². The van der Waals surface area contributed by atoms with Gasteiger partial charge < -0.3 is 14.8 Å². The molecule has 7 heteroatoms. The van der Waals surface area contributed by atoms with Crippen molar-refractivity contribution in [2.45, 2.75) is 20.8 Å². The second-order valence-electron chi connectivity index (χ2n) is 7.72. The van der Waals surface area contributed by atoms with Crippen LogP contribution in [0.2, 0.25) is 0 Å². The van der Waals surface area contributed by atoms with E-state index in [1.807, 2.05) is 74.7 Å². The monoisotopic (exact) mass is 462 g/mol. The molecule has 2 heterocycles. The Morgan fingerprint density at radius 1 is 0.939 bits per heavy atom. The second kappa shape index (κ2) is 9.92. The maximum atomic E-state index is 13.3. The summed E-state index contributed by atoms with van der Waals surface area (Å²) in [5.74, 6) is 0.637. The number of aryl methyl sites for hydroxylation is 2. The molecule has 0 aliphatic carbocycles. The van der Waals surface area contributed by atoms with E-state index >= 15 is 0 Å². The van der Waals surface area contributed by atoms with Crippen molar-refractivity contribution in [2.24, 2.45) is 0 Å². The Morgan fingerprint density at radius 2 is 1.70 bits per heavy atom. The number of amides is 2. The summed E-state index contributed by atoms with van der Waals surface area (Å²) in [6, 6.07) is 17.0. The molecule has 0 saturated heterocycles. The van der Waals surface area contributed by atoms with Gasteiger partial charge in [0.05, 0.1) is 24.4 Å². The van der Waals surface area contributed by atoms with E-state index in [4.69, 9.17) is 9.47 Å². The van der Waals surface area contributed by atoms with Gasteiger partial charge in [-0.05, 0) is 67.6 Å². The van der Waals surface area contributed by atoms with E-state index in [0.29, 0.717) is 23.6 Å². The zero-order chi connectivity index (χ0) is 23.4. The molecule has 2 amide bonds. The summed E-state index contributed by atoms with van der Waals surface area (Å²) in [5, 5.41) is 5.06. The summed E-state index contributed by atoms with van der Waals surface area (Å²) >= 11 is 1.42. The van der Waals surface area contributed by atoms with Crippen LogP contribution < -0.4 is 14.8 Å². The normalized spacial score (nSPS) is 13.6. The molecule has 0 fully saturated rings. The Bertz CT molecular complexity index is 1180. The molecule has 1 aromatic heterocycles. The maximum Gasteiger partial charge on any atom is 0.278 e. The first-order valence-corrected chi connectivity index (χ1v) is 11.7. The molecule has 0 bridgehead atoms. The highest BCUT2D eigenvalue weighted by Gasteiger charge is 2.39. The third kappa shape index (κ3) is 4.93. The van der Waals surface area contributed by atoms with E-state index in [1.54, 1.807) is 0 Å². The molecule has 2 aromatic carbocycles. The molecular formula is C26H26N2O4S. The Labute approximate surface area is 197 Å². The van der Waals surface area contributed by atoms with Crippen LogP contribution in [-0.4, -0.2) is 36.5 Å². The molecule has 0 radical (unpaired) electrons. The lowest BCUT2D eigenvalue weighted by Crippen LogP contribution is -2.36. The van der Waals surface area contributed by atoms with Crippen LogP contribution in [0.5, 0.6) is 11.5 Å². The van der Waals surface area contributed by atoms with E-state index in [9.17, 15) is 9.59 Å². The number of para-hydroxylation sites is 2. The summed E-state index contributed by atoms with van der Waals surface area (Å²) in [7, 11) is 0. The molecule has 3 aromatic rings. The van der Waals surface area contributed by atoms with Crippen LogP contribution in [-0.2, 0) is 9.59 Å². The number of imide groups is 1. The van der Waals surface area contributed by atoms with E-state index in [-0.39, 0.29) is 30.7 Å². The van der Waals surface area contributed by atoms with Gasteiger partial charge in [0.1, 0.15) is 23.8 Å². The molecule has 1 aliphatic heterocycles. The molecular weight excluding hydrogens is 436 g/mol. The third-order valence-electron chi connectivity index (χ3n) is 5.16. The van der Waals surface area contributed by atoms with Crippen molar-refractivity contribution in [1.82, 2.24) is 4.90 Å². The average molecular weight is 463 g/mol. The molecule has 6 nitrogen and oxygen atoms in total. The maximum absolute atomic E-state index is 13.3. The van der Waals surface area contributed by atoms with Crippen molar-refractivity contribution in [3.63, 3.8) is 0 Å². The number of carbonyl (C=O) groups is 2. The molecule has 0 atom stereocenters. The summed E-state index contributed by atoms with van der Waals surface area (Å²) in [5.41, 5.74) is 3.45. The Morgan fingerprint density at radius 3 is 2.39 bits per heavy atom. The first kappa shape index (κ1) is 22.6. The third-order valence-corrected chi connectivity index (χ3v) is 6.05. The molecule has 1 N–H and O–H groups in total. The van der Waals surface area contributed by atoms with Crippen LogP contribution in [0.3, 0.4) is 0 Å². The number of anilines is 1. The van der Waals surface area contributed by atoms with Gasteiger partial charge in [0.25, 0.3) is 11.8 Å². The quantitative estimate of drug-likeness (QED) is 0.452. The van der Waals surface area contributed by atoms with Crippen molar-refractivity contribution < 1.29 is 19.1 Å². The SMILES string of the molecule is CCOc1ccccc1NC1=C(c2cccs2)C(=O)N(CCOc2cc(C)cc(C)c2)C1=O. The Kier molecular flexibility index (Phi) is 6.79. The number of nitrogens with one attached hydrogen (secondary N) is 1. The van der Waals surface area contributed by atoms with Crippen LogP contribution >= 0.6 is 11.3 Å². The van der Waals surface area contributed by atoms with Crippen molar-refractivity contribution >= 4 is 34.4 Å². The van der Waals surface area contributed by atoms with E-state index < -0.39 is 0 Å². The molecule has 33 heavy (non-hydrogen) atoms. The van der Waals surface area contributed by atoms with Gasteiger partial charge in [0.15, 0.2) is 0 Å². The van der Waals surface area contributed by atoms with Crippen molar-refractivity contribution in [1.29, 1.82) is 0 Å². The van der Waals surface area contributed by atoms with Gasteiger partial charge in [-0.1, -0.05) is 24.3 Å².